The van der Waals surface area contributed by atoms with E-state index < -0.39 is 0 Å². The highest BCUT2D eigenvalue weighted by molar-refractivity contribution is 6.31. The lowest BCUT2D eigenvalue weighted by Gasteiger charge is -2.09. The predicted octanol–water partition coefficient (Wildman–Crippen LogP) is 2.85. The predicted molar refractivity (Wildman–Crippen MR) is 78.0 cm³/mol. The van der Waals surface area contributed by atoms with Gasteiger partial charge in [-0.25, -0.2) is 9.67 Å². The van der Waals surface area contributed by atoms with E-state index in [0.29, 0.717) is 13.0 Å². The summed E-state index contributed by atoms with van der Waals surface area (Å²) in [6.07, 6.45) is 0.700. The first kappa shape index (κ1) is 14.0. The number of hydrogen-bond acceptors (Lipinski definition) is 3. The van der Waals surface area contributed by atoms with Crippen LogP contribution in [-0.4, -0.2) is 21.3 Å². The fraction of sp³-hybridized carbons (Fsp3) is 0.429. The molecule has 1 heterocycles. The Morgan fingerprint density at radius 1 is 1.37 bits per heavy atom. The van der Waals surface area contributed by atoms with Gasteiger partial charge in [0.05, 0.1) is 5.69 Å². The lowest BCUT2D eigenvalue weighted by molar-refractivity contribution is 0.741. The molecule has 2 aromatic rings. The van der Waals surface area contributed by atoms with Crippen LogP contribution in [0.4, 0.5) is 0 Å². The minimum Gasteiger partial charge on any atom is -0.330 e. The van der Waals surface area contributed by atoms with Crippen LogP contribution in [0.3, 0.4) is 0 Å². The standard InChI is InChI=1S/C14H19ClN4/c1-9(2)14-17-13(7-8-16)19(18-14)12-6-4-5-11(15)10(12)3/h4-6,9H,7-8,16H2,1-3H3. The van der Waals surface area contributed by atoms with Gasteiger partial charge in [-0.3, -0.25) is 0 Å². The van der Waals surface area contributed by atoms with Crippen molar-refractivity contribution in [2.75, 3.05) is 6.54 Å². The molecule has 0 aliphatic carbocycles. The zero-order valence-corrected chi connectivity index (χ0v) is 12.3. The summed E-state index contributed by atoms with van der Waals surface area (Å²) in [6, 6.07) is 5.80. The van der Waals surface area contributed by atoms with Gasteiger partial charge in [0.25, 0.3) is 0 Å². The van der Waals surface area contributed by atoms with E-state index in [4.69, 9.17) is 17.3 Å². The Morgan fingerprint density at radius 2 is 2.11 bits per heavy atom. The first-order valence-corrected chi connectivity index (χ1v) is 6.83. The first-order chi connectivity index (χ1) is 9.04. The van der Waals surface area contributed by atoms with Crippen molar-refractivity contribution in [3.8, 4) is 5.69 Å². The fourth-order valence-corrected chi connectivity index (χ4v) is 2.09. The molecule has 0 amide bonds. The maximum atomic E-state index is 6.18. The molecule has 0 unspecified atom stereocenters. The molecule has 1 aromatic heterocycles. The van der Waals surface area contributed by atoms with Crippen LogP contribution in [0.2, 0.25) is 5.02 Å². The van der Waals surface area contributed by atoms with Crippen molar-refractivity contribution in [1.82, 2.24) is 14.8 Å². The van der Waals surface area contributed by atoms with E-state index in [1.165, 1.54) is 0 Å². The smallest absolute Gasteiger partial charge is 0.153 e. The van der Waals surface area contributed by atoms with E-state index in [1.54, 1.807) is 0 Å². The van der Waals surface area contributed by atoms with Gasteiger partial charge in [0, 0.05) is 17.4 Å². The lowest BCUT2D eigenvalue weighted by Crippen LogP contribution is -2.10. The summed E-state index contributed by atoms with van der Waals surface area (Å²) < 4.78 is 1.86. The van der Waals surface area contributed by atoms with E-state index in [0.717, 1.165) is 27.9 Å². The van der Waals surface area contributed by atoms with Crippen molar-refractivity contribution in [3.05, 3.63) is 40.4 Å². The Labute approximate surface area is 118 Å². The normalized spacial score (nSPS) is 11.3. The van der Waals surface area contributed by atoms with Gasteiger partial charge < -0.3 is 5.73 Å². The quantitative estimate of drug-likeness (QED) is 0.936. The van der Waals surface area contributed by atoms with Crippen LogP contribution in [0.5, 0.6) is 0 Å². The molecule has 2 N–H and O–H groups in total. The van der Waals surface area contributed by atoms with Crippen LogP contribution >= 0.6 is 11.6 Å². The highest BCUT2D eigenvalue weighted by atomic mass is 35.5. The number of nitrogens with zero attached hydrogens (tertiary/aromatic N) is 3. The number of aromatic nitrogens is 3. The average Bonchev–Trinajstić information content (AvgIpc) is 2.77. The van der Waals surface area contributed by atoms with Crippen LogP contribution in [-0.2, 0) is 6.42 Å². The Balaban J connectivity index is 2.56. The summed E-state index contributed by atoms with van der Waals surface area (Å²) in [6.45, 7) is 6.70. The molecule has 102 valence electrons. The van der Waals surface area contributed by atoms with Crippen molar-refractivity contribution >= 4 is 11.6 Å². The van der Waals surface area contributed by atoms with Crippen molar-refractivity contribution in [2.45, 2.75) is 33.1 Å². The molecule has 0 radical (unpaired) electrons. The third-order valence-electron chi connectivity index (χ3n) is 3.04. The summed E-state index contributed by atoms with van der Waals surface area (Å²) in [5.74, 6) is 2.01. The molecule has 4 nitrogen and oxygen atoms in total. The Kier molecular flexibility index (Phi) is 4.22. The van der Waals surface area contributed by atoms with E-state index in [1.807, 2.05) is 29.8 Å². The minimum absolute atomic E-state index is 0.289. The van der Waals surface area contributed by atoms with Crippen molar-refractivity contribution < 1.29 is 0 Å². The summed E-state index contributed by atoms with van der Waals surface area (Å²) in [4.78, 5) is 4.58. The Bertz CT molecular complexity index is 575. The third kappa shape index (κ3) is 2.80. The molecule has 0 aliphatic rings. The highest BCUT2D eigenvalue weighted by Gasteiger charge is 2.15. The molecular formula is C14H19ClN4. The second kappa shape index (κ2) is 5.72. The van der Waals surface area contributed by atoms with E-state index in [9.17, 15) is 0 Å². The lowest BCUT2D eigenvalue weighted by atomic mass is 10.2. The van der Waals surface area contributed by atoms with Crippen LogP contribution < -0.4 is 5.73 Å². The highest BCUT2D eigenvalue weighted by Crippen LogP contribution is 2.23. The second-order valence-electron chi connectivity index (χ2n) is 4.88. The number of benzene rings is 1. The third-order valence-corrected chi connectivity index (χ3v) is 3.45. The van der Waals surface area contributed by atoms with Crippen molar-refractivity contribution in [3.63, 3.8) is 0 Å². The van der Waals surface area contributed by atoms with Gasteiger partial charge in [-0.05, 0) is 31.2 Å². The molecule has 1 aromatic carbocycles. The molecule has 2 rings (SSSR count). The van der Waals surface area contributed by atoms with Crippen molar-refractivity contribution in [2.24, 2.45) is 5.73 Å². The topological polar surface area (TPSA) is 56.7 Å². The fourth-order valence-electron chi connectivity index (χ4n) is 1.92. The van der Waals surface area contributed by atoms with E-state index >= 15 is 0 Å². The largest absolute Gasteiger partial charge is 0.330 e. The van der Waals surface area contributed by atoms with Gasteiger partial charge in [-0.15, -0.1) is 0 Å². The van der Waals surface area contributed by atoms with Crippen LogP contribution in [0.25, 0.3) is 5.69 Å². The second-order valence-corrected chi connectivity index (χ2v) is 5.28. The zero-order valence-electron chi connectivity index (χ0n) is 11.5. The molecule has 0 saturated heterocycles. The van der Waals surface area contributed by atoms with Gasteiger partial charge in [-0.2, -0.15) is 5.10 Å². The van der Waals surface area contributed by atoms with Crippen molar-refractivity contribution in [1.29, 1.82) is 0 Å². The summed E-state index contributed by atoms with van der Waals surface area (Å²) in [5, 5.41) is 5.33. The number of rotatable bonds is 4. The van der Waals surface area contributed by atoms with Gasteiger partial charge in [0.2, 0.25) is 0 Å². The molecule has 0 atom stereocenters. The Hall–Kier alpha value is -1.39. The summed E-state index contributed by atoms with van der Waals surface area (Å²) in [7, 11) is 0. The zero-order chi connectivity index (χ0) is 14.0. The molecule has 5 heteroatoms. The molecular weight excluding hydrogens is 260 g/mol. The SMILES string of the molecule is Cc1c(Cl)cccc1-n1nc(C(C)C)nc1CCN. The molecule has 0 spiro atoms. The number of nitrogens with two attached hydrogens (primary N) is 1. The van der Waals surface area contributed by atoms with Gasteiger partial charge in [-0.1, -0.05) is 31.5 Å². The number of halogens is 1. The van der Waals surface area contributed by atoms with Crippen LogP contribution in [0, 0.1) is 6.92 Å². The van der Waals surface area contributed by atoms with Crippen LogP contribution in [0.1, 0.15) is 37.0 Å². The van der Waals surface area contributed by atoms with Crippen LogP contribution in [0.15, 0.2) is 18.2 Å². The molecule has 0 bridgehead atoms. The first-order valence-electron chi connectivity index (χ1n) is 6.46. The maximum Gasteiger partial charge on any atom is 0.153 e. The average molecular weight is 279 g/mol. The Morgan fingerprint density at radius 3 is 2.74 bits per heavy atom. The van der Waals surface area contributed by atoms with Gasteiger partial charge in [0.1, 0.15) is 5.82 Å². The van der Waals surface area contributed by atoms with Gasteiger partial charge in [0.15, 0.2) is 5.82 Å². The maximum absolute atomic E-state index is 6.18. The summed E-state index contributed by atoms with van der Waals surface area (Å²) >= 11 is 6.18. The minimum atomic E-state index is 0.289. The molecule has 0 aliphatic heterocycles. The monoisotopic (exact) mass is 278 g/mol. The molecule has 0 saturated carbocycles. The van der Waals surface area contributed by atoms with Gasteiger partial charge >= 0.3 is 0 Å². The molecule has 19 heavy (non-hydrogen) atoms. The van der Waals surface area contributed by atoms with E-state index in [2.05, 4.69) is 23.9 Å². The summed E-state index contributed by atoms with van der Waals surface area (Å²) in [5.41, 5.74) is 7.62. The molecule has 0 fully saturated rings. The van der Waals surface area contributed by atoms with E-state index in [-0.39, 0.29) is 5.92 Å². The number of hydrogen-bond donors (Lipinski definition) is 1.